The second kappa shape index (κ2) is 8.64. The Hall–Kier alpha value is -3.55. The number of hydrogen-bond donors (Lipinski definition) is 1. The van der Waals surface area contributed by atoms with Gasteiger partial charge in [0.25, 0.3) is 5.91 Å². The highest BCUT2D eigenvalue weighted by molar-refractivity contribution is 5.94. The van der Waals surface area contributed by atoms with Crippen molar-refractivity contribution in [1.29, 1.82) is 0 Å². The lowest BCUT2D eigenvalue weighted by atomic mass is 10.2. The number of amides is 1. The summed E-state index contributed by atoms with van der Waals surface area (Å²) >= 11 is 0. The van der Waals surface area contributed by atoms with Gasteiger partial charge in [-0.1, -0.05) is 12.1 Å². The Bertz CT molecular complexity index is 954. The van der Waals surface area contributed by atoms with E-state index in [2.05, 4.69) is 10.3 Å². The monoisotopic (exact) mass is 402 g/mol. The molecular formula is C21H17F3N2O3. The zero-order valence-electron chi connectivity index (χ0n) is 15.4. The van der Waals surface area contributed by atoms with Gasteiger partial charge in [0, 0.05) is 24.4 Å². The number of ether oxygens (including phenoxy) is 2. The van der Waals surface area contributed by atoms with Crippen LogP contribution < -0.4 is 14.8 Å². The Morgan fingerprint density at radius 3 is 2.17 bits per heavy atom. The highest BCUT2D eigenvalue weighted by atomic mass is 19.4. The summed E-state index contributed by atoms with van der Waals surface area (Å²) in [5, 5.41) is 2.80. The van der Waals surface area contributed by atoms with Gasteiger partial charge in [0.05, 0.1) is 12.7 Å². The summed E-state index contributed by atoms with van der Waals surface area (Å²) in [4.78, 5) is 15.9. The van der Waals surface area contributed by atoms with E-state index in [0.29, 0.717) is 24.1 Å². The molecule has 0 atom stereocenters. The van der Waals surface area contributed by atoms with Gasteiger partial charge in [0.2, 0.25) is 5.88 Å². The molecule has 8 heteroatoms. The van der Waals surface area contributed by atoms with Crippen LogP contribution in [0.4, 0.5) is 13.2 Å². The molecule has 0 fully saturated rings. The van der Waals surface area contributed by atoms with Crippen molar-refractivity contribution in [1.82, 2.24) is 10.3 Å². The number of hydrogen-bond acceptors (Lipinski definition) is 4. The summed E-state index contributed by atoms with van der Waals surface area (Å²) in [5.41, 5.74) is 0.493. The van der Waals surface area contributed by atoms with Crippen LogP contribution in [0, 0.1) is 0 Å². The van der Waals surface area contributed by atoms with E-state index in [1.54, 1.807) is 31.4 Å². The zero-order valence-corrected chi connectivity index (χ0v) is 15.4. The number of benzene rings is 2. The number of nitrogens with zero attached hydrogens (tertiary/aromatic N) is 1. The Morgan fingerprint density at radius 1 is 0.966 bits per heavy atom. The lowest BCUT2D eigenvalue weighted by Crippen LogP contribution is -2.22. The first-order valence-corrected chi connectivity index (χ1v) is 8.57. The quantitative estimate of drug-likeness (QED) is 0.642. The SMILES string of the molecule is COc1ccc(CNC(=O)c2ccc(Oc3ccc(C(F)(F)F)cn3)cc2)cc1. The van der Waals surface area contributed by atoms with Crippen LogP contribution in [0.1, 0.15) is 21.5 Å². The maximum atomic E-state index is 12.5. The molecule has 0 spiro atoms. The van der Waals surface area contributed by atoms with E-state index < -0.39 is 11.7 Å². The molecule has 0 bridgehead atoms. The van der Waals surface area contributed by atoms with Crippen molar-refractivity contribution in [2.24, 2.45) is 0 Å². The topological polar surface area (TPSA) is 60.5 Å². The van der Waals surface area contributed by atoms with Crippen LogP contribution in [0.25, 0.3) is 0 Å². The summed E-state index contributed by atoms with van der Waals surface area (Å²) in [6.45, 7) is 0.358. The van der Waals surface area contributed by atoms with Crippen LogP contribution in [-0.4, -0.2) is 18.0 Å². The van der Waals surface area contributed by atoms with Gasteiger partial charge >= 0.3 is 6.18 Å². The molecule has 1 amide bonds. The maximum Gasteiger partial charge on any atom is 0.417 e. The van der Waals surface area contributed by atoms with Crippen LogP contribution in [0.3, 0.4) is 0 Å². The van der Waals surface area contributed by atoms with Gasteiger partial charge in [-0.25, -0.2) is 4.98 Å². The van der Waals surface area contributed by atoms with Crippen molar-refractivity contribution in [2.45, 2.75) is 12.7 Å². The molecule has 1 heterocycles. The number of aromatic nitrogens is 1. The number of carbonyl (C=O) groups is 1. The summed E-state index contributed by atoms with van der Waals surface area (Å²) in [6, 6.07) is 15.6. The minimum atomic E-state index is -4.45. The molecular weight excluding hydrogens is 385 g/mol. The van der Waals surface area contributed by atoms with Gasteiger partial charge in [-0.15, -0.1) is 0 Å². The third-order valence-corrected chi connectivity index (χ3v) is 4.01. The Kier molecular flexibility index (Phi) is 6.01. The molecule has 0 aliphatic rings. The van der Waals surface area contributed by atoms with Gasteiger partial charge in [0.1, 0.15) is 11.5 Å². The van der Waals surface area contributed by atoms with E-state index in [-0.39, 0.29) is 11.8 Å². The molecule has 29 heavy (non-hydrogen) atoms. The number of alkyl halides is 3. The predicted molar refractivity (Wildman–Crippen MR) is 99.9 cm³/mol. The summed E-state index contributed by atoms with van der Waals surface area (Å²) < 4.78 is 48.1. The van der Waals surface area contributed by atoms with Crippen LogP contribution in [-0.2, 0) is 12.7 Å². The smallest absolute Gasteiger partial charge is 0.417 e. The normalized spacial score (nSPS) is 11.0. The third kappa shape index (κ3) is 5.47. The number of nitrogens with one attached hydrogen (secondary N) is 1. The van der Waals surface area contributed by atoms with E-state index in [1.807, 2.05) is 24.3 Å². The largest absolute Gasteiger partial charge is 0.497 e. The molecule has 150 valence electrons. The number of methoxy groups -OCH3 is 1. The standard InChI is InChI=1S/C21H17F3N2O3/c1-28-17-7-2-14(3-8-17)12-26-20(27)15-4-9-18(10-5-15)29-19-11-6-16(13-25-19)21(22,23)24/h2-11,13H,12H2,1H3,(H,26,27). The molecule has 0 radical (unpaired) electrons. The van der Waals surface area contributed by atoms with E-state index in [0.717, 1.165) is 23.4 Å². The minimum absolute atomic E-state index is 0.0229. The molecule has 3 rings (SSSR count). The molecule has 2 aromatic carbocycles. The van der Waals surface area contributed by atoms with E-state index >= 15 is 0 Å². The van der Waals surface area contributed by atoms with E-state index in [4.69, 9.17) is 9.47 Å². The summed E-state index contributed by atoms with van der Waals surface area (Å²) in [5.74, 6) is 0.844. The first kappa shape index (κ1) is 20.2. The van der Waals surface area contributed by atoms with Crippen molar-refractivity contribution in [3.05, 3.63) is 83.6 Å². The third-order valence-electron chi connectivity index (χ3n) is 4.01. The van der Waals surface area contributed by atoms with Gasteiger partial charge in [-0.05, 0) is 48.0 Å². The van der Waals surface area contributed by atoms with Crippen molar-refractivity contribution in [3.8, 4) is 17.4 Å². The first-order chi connectivity index (χ1) is 13.8. The van der Waals surface area contributed by atoms with Crippen LogP contribution >= 0.6 is 0 Å². The predicted octanol–water partition coefficient (Wildman–Crippen LogP) is 4.83. The molecule has 0 unspecified atom stereocenters. The van der Waals surface area contributed by atoms with Gasteiger partial charge < -0.3 is 14.8 Å². The van der Waals surface area contributed by atoms with Crippen molar-refractivity contribution >= 4 is 5.91 Å². The first-order valence-electron chi connectivity index (χ1n) is 8.57. The zero-order chi connectivity index (χ0) is 20.9. The lowest BCUT2D eigenvalue weighted by Gasteiger charge is -2.09. The molecule has 0 saturated carbocycles. The molecule has 1 N–H and O–H groups in total. The summed E-state index contributed by atoms with van der Waals surface area (Å²) in [7, 11) is 1.58. The Balaban J connectivity index is 1.56. The lowest BCUT2D eigenvalue weighted by molar-refractivity contribution is -0.137. The highest BCUT2D eigenvalue weighted by Gasteiger charge is 2.30. The van der Waals surface area contributed by atoms with Crippen molar-refractivity contribution < 1.29 is 27.4 Å². The number of halogens is 3. The fraction of sp³-hybridized carbons (Fsp3) is 0.143. The van der Waals surface area contributed by atoms with E-state index in [9.17, 15) is 18.0 Å². The Labute approximate surface area is 165 Å². The van der Waals surface area contributed by atoms with Crippen LogP contribution in [0.5, 0.6) is 17.4 Å². The van der Waals surface area contributed by atoms with Crippen LogP contribution in [0.2, 0.25) is 0 Å². The molecule has 5 nitrogen and oxygen atoms in total. The second-order valence-corrected chi connectivity index (χ2v) is 6.04. The highest BCUT2D eigenvalue weighted by Crippen LogP contribution is 2.30. The van der Waals surface area contributed by atoms with Gasteiger partial charge in [-0.2, -0.15) is 13.2 Å². The fourth-order valence-electron chi connectivity index (χ4n) is 2.43. The van der Waals surface area contributed by atoms with Crippen molar-refractivity contribution in [2.75, 3.05) is 7.11 Å². The Morgan fingerprint density at radius 2 is 1.62 bits per heavy atom. The maximum absolute atomic E-state index is 12.5. The van der Waals surface area contributed by atoms with Gasteiger partial charge in [0.15, 0.2) is 0 Å². The molecule has 3 aromatic rings. The number of pyridine rings is 1. The average molecular weight is 402 g/mol. The average Bonchev–Trinajstić information content (AvgIpc) is 2.72. The molecule has 0 saturated heterocycles. The molecule has 0 aliphatic heterocycles. The second-order valence-electron chi connectivity index (χ2n) is 6.04. The fourth-order valence-corrected chi connectivity index (χ4v) is 2.43. The van der Waals surface area contributed by atoms with E-state index in [1.165, 1.54) is 0 Å². The molecule has 0 aliphatic carbocycles. The number of carbonyl (C=O) groups excluding carboxylic acids is 1. The van der Waals surface area contributed by atoms with Gasteiger partial charge in [-0.3, -0.25) is 4.79 Å². The minimum Gasteiger partial charge on any atom is -0.497 e. The summed E-state index contributed by atoms with van der Waals surface area (Å²) in [6.07, 6.45) is -3.75. The van der Waals surface area contributed by atoms with Crippen LogP contribution in [0.15, 0.2) is 66.9 Å². The molecule has 1 aromatic heterocycles. The van der Waals surface area contributed by atoms with Crippen molar-refractivity contribution in [3.63, 3.8) is 0 Å². The number of rotatable bonds is 6.